The summed E-state index contributed by atoms with van der Waals surface area (Å²) in [7, 11) is -3.53. The van der Waals surface area contributed by atoms with E-state index >= 15 is 0 Å². The van der Waals surface area contributed by atoms with Crippen molar-refractivity contribution in [3.63, 3.8) is 0 Å². The van der Waals surface area contributed by atoms with Gasteiger partial charge in [-0.1, -0.05) is 27.7 Å². The van der Waals surface area contributed by atoms with Gasteiger partial charge < -0.3 is 5.11 Å². The van der Waals surface area contributed by atoms with E-state index in [1.807, 2.05) is 0 Å². The molecule has 1 aromatic heterocycles. The Kier molecular flexibility index (Phi) is 3.73. The molecule has 1 heterocycles. The second kappa shape index (κ2) is 4.82. The lowest BCUT2D eigenvalue weighted by Crippen LogP contribution is -2.27. The number of hydrogen-bond acceptors (Lipinski definition) is 4. The second-order valence-corrected chi connectivity index (χ2v) is 8.28. The van der Waals surface area contributed by atoms with Gasteiger partial charge in [0, 0.05) is 12.7 Å². The molecule has 1 saturated carbocycles. The van der Waals surface area contributed by atoms with Gasteiger partial charge in [-0.3, -0.25) is 4.68 Å². The molecule has 0 aliphatic heterocycles. The summed E-state index contributed by atoms with van der Waals surface area (Å²) < 4.78 is 28.4. The molecule has 2 rings (SSSR count). The molecule has 0 bridgehead atoms. The van der Waals surface area contributed by atoms with E-state index in [4.69, 9.17) is 5.11 Å². The van der Waals surface area contributed by atoms with Crippen LogP contribution in [0.2, 0.25) is 0 Å². The van der Waals surface area contributed by atoms with Gasteiger partial charge in [0.25, 0.3) is 0 Å². The van der Waals surface area contributed by atoms with Crippen LogP contribution in [-0.4, -0.2) is 36.5 Å². The Morgan fingerprint density at radius 1 is 1.35 bits per heavy atom. The zero-order valence-electron chi connectivity index (χ0n) is 12.4. The second-order valence-electron chi connectivity index (χ2n) is 6.51. The smallest absolute Gasteiger partial charge is 0.243 e. The molecule has 2 N–H and O–H groups in total. The van der Waals surface area contributed by atoms with Gasteiger partial charge in [0.05, 0.1) is 19.3 Å². The fourth-order valence-electron chi connectivity index (χ4n) is 2.83. The largest absolute Gasteiger partial charge is 0.394 e. The molecular formula is C13H23N3O3S. The third kappa shape index (κ3) is 2.49. The van der Waals surface area contributed by atoms with E-state index in [0.29, 0.717) is 12.5 Å². The average Bonchev–Trinajstić information content (AvgIpc) is 2.72. The van der Waals surface area contributed by atoms with Crippen molar-refractivity contribution in [3.05, 3.63) is 12.4 Å². The van der Waals surface area contributed by atoms with Gasteiger partial charge in [0.2, 0.25) is 10.0 Å². The van der Waals surface area contributed by atoms with Crippen molar-refractivity contribution >= 4 is 10.0 Å². The van der Waals surface area contributed by atoms with Crippen molar-refractivity contribution in [2.24, 2.45) is 16.7 Å². The first-order valence-corrected chi connectivity index (χ1v) is 8.24. The summed E-state index contributed by atoms with van der Waals surface area (Å²) in [5, 5.41) is 12.7. The molecule has 20 heavy (non-hydrogen) atoms. The van der Waals surface area contributed by atoms with Crippen molar-refractivity contribution in [2.45, 2.75) is 39.1 Å². The Hall–Kier alpha value is -0.920. The number of nitrogens with one attached hydrogen (secondary N) is 1. The van der Waals surface area contributed by atoms with E-state index in [1.54, 1.807) is 0 Å². The average molecular weight is 301 g/mol. The highest BCUT2D eigenvalue weighted by molar-refractivity contribution is 7.89. The van der Waals surface area contributed by atoms with Crippen LogP contribution in [0.25, 0.3) is 0 Å². The topological polar surface area (TPSA) is 84.2 Å². The summed E-state index contributed by atoms with van der Waals surface area (Å²) >= 11 is 0. The molecule has 1 aromatic rings. The van der Waals surface area contributed by atoms with Crippen molar-refractivity contribution < 1.29 is 13.5 Å². The molecular weight excluding hydrogens is 278 g/mol. The third-order valence-electron chi connectivity index (χ3n) is 5.05. The Morgan fingerprint density at radius 2 is 1.95 bits per heavy atom. The third-order valence-corrected chi connectivity index (χ3v) is 6.42. The van der Waals surface area contributed by atoms with Crippen molar-refractivity contribution in [1.29, 1.82) is 0 Å². The number of aliphatic hydroxyl groups is 1. The van der Waals surface area contributed by atoms with E-state index in [0.717, 1.165) is 0 Å². The van der Waals surface area contributed by atoms with E-state index in [-0.39, 0.29) is 28.9 Å². The summed E-state index contributed by atoms with van der Waals surface area (Å²) in [6.07, 6.45) is 2.74. The fourth-order valence-corrected chi connectivity index (χ4v) is 3.83. The lowest BCUT2D eigenvalue weighted by molar-refractivity contribution is 0.269. The quantitative estimate of drug-likeness (QED) is 0.815. The molecule has 6 nitrogen and oxygen atoms in total. The van der Waals surface area contributed by atoms with Gasteiger partial charge in [-0.15, -0.1) is 0 Å². The van der Waals surface area contributed by atoms with Gasteiger partial charge in [0.1, 0.15) is 4.90 Å². The first-order chi connectivity index (χ1) is 9.13. The molecule has 0 aromatic carbocycles. The molecule has 1 aliphatic rings. The minimum Gasteiger partial charge on any atom is -0.394 e. The Labute approximate surface area is 120 Å². The molecule has 0 saturated heterocycles. The number of rotatable bonds is 6. The maximum absolute atomic E-state index is 12.2. The van der Waals surface area contributed by atoms with Crippen LogP contribution < -0.4 is 4.72 Å². The van der Waals surface area contributed by atoms with Crippen LogP contribution in [0, 0.1) is 16.7 Å². The molecule has 0 amide bonds. The standard InChI is InChI=1S/C13H23N3O3S/c1-12(2)11(13(12,3)4)8-15-20(18,19)10-7-14-16(9-10)5-6-17/h7,9,11,15,17H,5-6,8H2,1-4H3. The molecule has 0 unspecified atom stereocenters. The maximum atomic E-state index is 12.2. The summed E-state index contributed by atoms with van der Waals surface area (Å²) in [6, 6.07) is 0. The van der Waals surface area contributed by atoms with Crippen LogP contribution in [0.5, 0.6) is 0 Å². The Morgan fingerprint density at radius 3 is 2.45 bits per heavy atom. The van der Waals surface area contributed by atoms with Crippen LogP contribution in [0.3, 0.4) is 0 Å². The summed E-state index contributed by atoms with van der Waals surface area (Å²) in [6.45, 7) is 9.29. The highest BCUT2D eigenvalue weighted by Gasteiger charge is 2.64. The van der Waals surface area contributed by atoms with Crippen molar-refractivity contribution in [1.82, 2.24) is 14.5 Å². The summed E-state index contributed by atoms with van der Waals surface area (Å²) in [5.41, 5.74) is 0.299. The predicted molar refractivity (Wildman–Crippen MR) is 75.6 cm³/mol. The lowest BCUT2D eigenvalue weighted by Gasteiger charge is -2.05. The van der Waals surface area contributed by atoms with Crippen LogP contribution in [0.15, 0.2) is 17.3 Å². The number of nitrogens with zero attached hydrogens (tertiary/aromatic N) is 2. The Balaban J connectivity index is 2.01. The number of hydrogen-bond donors (Lipinski definition) is 2. The van der Waals surface area contributed by atoms with Crippen molar-refractivity contribution in [2.75, 3.05) is 13.2 Å². The van der Waals surface area contributed by atoms with Crippen molar-refractivity contribution in [3.8, 4) is 0 Å². The zero-order chi connectivity index (χ0) is 15.2. The molecule has 0 atom stereocenters. The van der Waals surface area contributed by atoms with E-state index in [1.165, 1.54) is 17.1 Å². The van der Waals surface area contributed by atoms with E-state index in [2.05, 4.69) is 37.5 Å². The molecule has 114 valence electrons. The lowest BCUT2D eigenvalue weighted by atomic mass is 10.0. The molecule has 7 heteroatoms. The molecule has 1 aliphatic carbocycles. The highest BCUT2D eigenvalue weighted by Crippen LogP contribution is 2.67. The van der Waals surface area contributed by atoms with E-state index in [9.17, 15) is 8.42 Å². The van der Waals surface area contributed by atoms with Gasteiger partial charge >= 0.3 is 0 Å². The maximum Gasteiger partial charge on any atom is 0.243 e. The van der Waals surface area contributed by atoms with Gasteiger partial charge in [-0.05, 0) is 16.7 Å². The highest BCUT2D eigenvalue weighted by atomic mass is 32.2. The minimum atomic E-state index is -3.53. The summed E-state index contributed by atoms with van der Waals surface area (Å²) in [4.78, 5) is 0.141. The van der Waals surface area contributed by atoms with Crippen LogP contribution in [-0.2, 0) is 16.6 Å². The Bertz CT molecular complexity index is 576. The molecule has 0 spiro atoms. The molecule has 1 fully saturated rings. The monoisotopic (exact) mass is 301 g/mol. The fraction of sp³-hybridized carbons (Fsp3) is 0.769. The first-order valence-electron chi connectivity index (χ1n) is 6.76. The minimum absolute atomic E-state index is 0.0704. The number of aliphatic hydroxyl groups excluding tert-OH is 1. The van der Waals surface area contributed by atoms with Gasteiger partial charge in [0.15, 0.2) is 0 Å². The van der Waals surface area contributed by atoms with Gasteiger partial charge in [-0.2, -0.15) is 5.10 Å². The van der Waals surface area contributed by atoms with Crippen LogP contribution in [0.1, 0.15) is 27.7 Å². The van der Waals surface area contributed by atoms with E-state index < -0.39 is 10.0 Å². The predicted octanol–water partition coefficient (Wildman–Crippen LogP) is 0.836. The van der Waals surface area contributed by atoms with Crippen LogP contribution in [0.4, 0.5) is 0 Å². The number of sulfonamides is 1. The first kappa shape index (κ1) is 15.5. The normalized spacial score (nSPS) is 21.1. The molecule has 0 radical (unpaired) electrons. The SMILES string of the molecule is CC1(C)C(CNS(=O)(=O)c2cnn(CCO)c2)C1(C)C. The van der Waals surface area contributed by atoms with Gasteiger partial charge in [-0.25, -0.2) is 13.1 Å². The zero-order valence-corrected chi connectivity index (χ0v) is 13.2. The number of aromatic nitrogens is 2. The van der Waals surface area contributed by atoms with Crippen LogP contribution >= 0.6 is 0 Å². The summed E-state index contributed by atoms with van der Waals surface area (Å²) in [5.74, 6) is 0.331.